The Kier molecular flexibility index (Phi) is 2.54. The number of nitrogens with zero attached hydrogens (tertiary/aromatic N) is 3. The highest BCUT2D eigenvalue weighted by atomic mass is 16.3. The molecule has 2 rings (SSSR count). The molecule has 16 heavy (non-hydrogen) atoms. The van der Waals surface area contributed by atoms with E-state index in [2.05, 4.69) is 10.0 Å². The van der Waals surface area contributed by atoms with Crippen molar-refractivity contribution in [3.05, 3.63) is 46.3 Å². The molecule has 0 spiro atoms. The van der Waals surface area contributed by atoms with E-state index in [1.165, 1.54) is 12.1 Å². The van der Waals surface area contributed by atoms with Crippen LogP contribution in [0.2, 0.25) is 0 Å². The molecule has 0 aliphatic carbocycles. The number of aromatic hydroxyl groups is 2. The Bertz CT molecular complexity index is 589. The third-order valence-electron chi connectivity index (χ3n) is 2.39. The van der Waals surface area contributed by atoms with Gasteiger partial charge in [-0.25, -0.2) is 0 Å². The van der Waals surface area contributed by atoms with Crippen molar-refractivity contribution in [1.82, 2.24) is 0 Å². The Morgan fingerprint density at radius 2 is 1.88 bits per heavy atom. The van der Waals surface area contributed by atoms with Crippen LogP contribution >= 0.6 is 0 Å². The van der Waals surface area contributed by atoms with Gasteiger partial charge in [0.05, 0.1) is 6.54 Å². The van der Waals surface area contributed by atoms with Gasteiger partial charge in [0, 0.05) is 15.7 Å². The molecule has 0 fully saturated rings. The molecule has 0 unspecified atom stereocenters. The van der Waals surface area contributed by atoms with Crippen LogP contribution in [-0.2, 0) is 6.54 Å². The SMILES string of the molecule is [N-]=[N+]=NCc1cccc2c(O)ccc(O)c12. The van der Waals surface area contributed by atoms with Crippen LogP contribution in [0.4, 0.5) is 0 Å². The minimum Gasteiger partial charge on any atom is -0.507 e. The van der Waals surface area contributed by atoms with Crippen LogP contribution in [0, 0.1) is 0 Å². The molecule has 2 N–H and O–H groups in total. The number of benzene rings is 2. The summed E-state index contributed by atoms with van der Waals surface area (Å²) in [4.78, 5) is 2.67. The molecule has 0 saturated heterocycles. The lowest BCUT2D eigenvalue weighted by Gasteiger charge is -2.07. The fourth-order valence-corrected chi connectivity index (χ4v) is 1.69. The first-order valence-electron chi connectivity index (χ1n) is 4.67. The second-order valence-corrected chi connectivity index (χ2v) is 3.33. The Balaban J connectivity index is 2.75. The summed E-state index contributed by atoms with van der Waals surface area (Å²) in [5.41, 5.74) is 8.95. The van der Waals surface area contributed by atoms with Crippen LogP contribution in [-0.4, -0.2) is 10.2 Å². The highest BCUT2D eigenvalue weighted by Gasteiger charge is 2.08. The van der Waals surface area contributed by atoms with Crippen molar-refractivity contribution in [3.8, 4) is 11.5 Å². The number of fused-ring (bicyclic) bond motifs is 1. The van der Waals surface area contributed by atoms with Gasteiger partial charge in [-0.3, -0.25) is 0 Å². The molecule has 0 atom stereocenters. The fraction of sp³-hybridized carbons (Fsp3) is 0.0909. The summed E-state index contributed by atoms with van der Waals surface area (Å²) in [6.07, 6.45) is 0. The van der Waals surface area contributed by atoms with Crippen LogP contribution in [0.5, 0.6) is 11.5 Å². The molecule has 80 valence electrons. The van der Waals surface area contributed by atoms with Crippen molar-refractivity contribution in [2.45, 2.75) is 6.54 Å². The molecule has 0 radical (unpaired) electrons. The van der Waals surface area contributed by atoms with E-state index >= 15 is 0 Å². The van der Waals surface area contributed by atoms with Crippen LogP contribution in [0.25, 0.3) is 21.2 Å². The van der Waals surface area contributed by atoms with E-state index < -0.39 is 0 Å². The van der Waals surface area contributed by atoms with Crippen molar-refractivity contribution in [2.75, 3.05) is 0 Å². The van der Waals surface area contributed by atoms with Gasteiger partial charge in [-0.05, 0) is 23.2 Å². The second-order valence-electron chi connectivity index (χ2n) is 3.33. The quantitative estimate of drug-likeness (QED) is 0.349. The number of rotatable bonds is 2. The summed E-state index contributed by atoms with van der Waals surface area (Å²) in [5, 5.41) is 23.9. The highest BCUT2D eigenvalue weighted by Crippen LogP contribution is 2.34. The van der Waals surface area contributed by atoms with E-state index in [1.807, 2.05) is 0 Å². The van der Waals surface area contributed by atoms with Gasteiger partial charge in [0.2, 0.25) is 0 Å². The third kappa shape index (κ3) is 1.60. The molecule has 2 aromatic rings. The van der Waals surface area contributed by atoms with Gasteiger partial charge in [-0.15, -0.1) is 0 Å². The molecular formula is C11H9N3O2. The average Bonchev–Trinajstić information content (AvgIpc) is 2.31. The Hall–Kier alpha value is -2.39. The van der Waals surface area contributed by atoms with Crippen LogP contribution in [0.3, 0.4) is 0 Å². The first-order valence-corrected chi connectivity index (χ1v) is 4.67. The van der Waals surface area contributed by atoms with Crippen molar-refractivity contribution in [2.24, 2.45) is 5.11 Å². The van der Waals surface area contributed by atoms with Crippen molar-refractivity contribution >= 4 is 10.8 Å². The summed E-state index contributed by atoms with van der Waals surface area (Å²) < 4.78 is 0. The molecule has 5 heteroatoms. The van der Waals surface area contributed by atoms with Crippen LogP contribution in [0.15, 0.2) is 35.4 Å². The molecule has 0 amide bonds. The van der Waals surface area contributed by atoms with E-state index in [0.29, 0.717) is 16.3 Å². The predicted molar refractivity (Wildman–Crippen MR) is 60.1 cm³/mol. The molecule has 0 aromatic heterocycles. The molecular weight excluding hydrogens is 206 g/mol. The number of phenolic OH excluding ortho intramolecular Hbond substituents is 2. The van der Waals surface area contributed by atoms with Gasteiger partial charge in [0.25, 0.3) is 0 Å². The Morgan fingerprint density at radius 3 is 2.62 bits per heavy atom. The van der Waals surface area contributed by atoms with Gasteiger partial charge >= 0.3 is 0 Å². The summed E-state index contributed by atoms with van der Waals surface area (Å²) in [6, 6.07) is 8.02. The zero-order valence-corrected chi connectivity index (χ0v) is 8.33. The number of phenols is 2. The van der Waals surface area contributed by atoms with Gasteiger partial charge in [-0.1, -0.05) is 23.3 Å². The zero-order chi connectivity index (χ0) is 11.5. The van der Waals surface area contributed by atoms with E-state index in [0.717, 1.165) is 0 Å². The first kappa shape index (κ1) is 10.1. The normalized spacial score (nSPS) is 10.0. The average molecular weight is 215 g/mol. The van der Waals surface area contributed by atoms with Crippen molar-refractivity contribution < 1.29 is 10.2 Å². The molecule has 2 aromatic carbocycles. The lowest BCUT2D eigenvalue weighted by molar-refractivity contribution is 0.469. The number of azide groups is 1. The van der Waals surface area contributed by atoms with E-state index in [9.17, 15) is 10.2 Å². The van der Waals surface area contributed by atoms with Crippen molar-refractivity contribution in [3.63, 3.8) is 0 Å². The molecule has 0 bridgehead atoms. The smallest absolute Gasteiger partial charge is 0.123 e. The first-order chi connectivity index (χ1) is 7.74. The second kappa shape index (κ2) is 4.00. The summed E-state index contributed by atoms with van der Waals surface area (Å²) >= 11 is 0. The summed E-state index contributed by atoms with van der Waals surface area (Å²) in [5.74, 6) is 0.159. The van der Waals surface area contributed by atoms with Gasteiger partial charge in [0.1, 0.15) is 11.5 Å². The number of hydrogen-bond acceptors (Lipinski definition) is 3. The maximum atomic E-state index is 9.73. The number of hydrogen-bond donors (Lipinski definition) is 2. The highest BCUT2D eigenvalue weighted by molar-refractivity contribution is 5.95. The summed E-state index contributed by atoms with van der Waals surface area (Å²) in [6.45, 7) is 0.144. The molecule has 0 aliphatic rings. The van der Waals surface area contributed by atoms with E-state index in [1.54, 1.807) is 18.2 Å². The topological polar surface area (TPSA) is 89.2 Å². The fourth-order valence-electron chi connectivity index (χ4n) is 1.69. The van der Waals surface area contributed by atoms with Gasteiger partial charge < -0.3 is 10.2 Å². The van der Waals surface area contributed by atoms with Crippen molar-refractivity contribution in [1.29, 1.82) is 0 Å². The van der Waals surface area contributed by atoms with Gasteiger partial charge in [0.15, 0.2) is 0 Å². The largest absolute Gasteiger partial charge is 0.507 e. The maximum Gasteiger partial charge on any atom is 0.123 e. The zero-order valence-electron chi connectivity index (χ0n) is 8.33. The Morgan fingerprint density at radius 1 is 1.12 bits per heavy atom. The van der Waals surface area contributed by atoms with E-state index in [4.69, 9.17) is 5.53 Å². The predicted octanol–water partition coefficient (Wildman–Crippen LogP) is 3.06. The summed E-state index contributed by atoms with van der Waals surface area (Å²) in [7, 11) is 0. The molecule has 0 aliphatic heterocycles. The Labute approximate surface area is 91.2 Å². The standard InChI is InChI=1S/C11H9N3O2/c12-14-13-6-7-2-1-3-8-9(15)4-5-10(16)11(7)8/h1-5,15-16H,6H2. The lowest BCUT2D eigenvalue weighted by atomic mass is 10.0. The van der Waals surface area contributed by atoms with Crippen LogP contribution in [0.1, 0.15) is 5.56 Å². The molecule has 0 saturated carbocycles. The third-order valence-corrected chi connectivity index (χ3v) is 2.39. The van der Waals surface area contributed by atoms with Crippen LogP contribution < -0.4 is 0 Å². The monoisotopic (exact) mass is 215 g/mol. The minimum atomic E-state index is 0.0662. The minimum absolute atomic E-state index is 0.0662. The molecule has 5 nitrogen and oxygen atoms in total. The van der Waals surface area contributed by atoms with Gasteiger partial charge in [-0.2, -0.15) is 0 Å². The van der Waals surface area contributed by atoms with E-state index in [-0.39, 0.29) is 18.0 Å². The molecule has 0 heterocycles. The lowest BCUT2D eigenvalue weighted by Crippen LogP contribution is -1.85. The maximum absolute atomic E-state index is 9.73.